The maximum absolute atomic E-state index is 12.1. The quantitative estimate of drug-likeness (QED) is 0.851. The number of carbonyl (C=O) groups excluding carboxylic acids is 2. The first kappa shape index (κ1) is 19.3. The van der Waals surface area contributed by atoms with Gasteiger partial charge in [-0.1, -0.05) is 6.92 Å². The van der Waals surface area contributed by atoms with Crippen molar-refractivity contribution in [2.45, 2.75) is 66.1 Å². The first-order valence-electron chi connectivity index (χ1n) is 8.92. The van der Waals surface area contributed by atoms with Gasteiger partial charge in [-0.2, -0.15) is 5.10 Å². The predicted molar refractivity (Wildman–Crippen MR) is 97.3 cm³/mol. The van der Waals surface area contributed by atoms with Gasteiger partial charge in [0.25, 0.3) is 0 Å². The monoisotopic (exact) mass is 349 g/mol. The third-order valence-electron chi connectivity index (χ3n) is 4.47. The highest BCUT2D eigenvalue weighted by atomic mass is 16.2. The summed E-state index contributed by atoms with van der Waals surface area (Å²) in [5, 5.41) is 10.3. The van der Waals surface area contributed by atoms with Crippen LogP contribution in [-0.4, -0.2) is 51.3 Å². The van der Waals surface area contributed by atoms with Gasteiger partial charge in [-0.25, -0.2) is 4.79 Å². The van der Waals surface area contributed by atoms with Crippen molar-refractivity contribution >= 4 is 11.9 Å². The molecule has 1 aromatic heterocycles. The Balaban J connectivity index is 1.75. The van der Waals surface area contributed by atoms with E-state index in [1.807, 2.05) is 50.3 Å². The zero-order chi connectivity index (χ0) is 18.8. The number of likely N-dealkylation sites (tertiary alicyclic amines) is 1. The van der Waals surface area contributed by atoms with Gasteiger partial charge < -0.3 is 15.5 Å². The summed E-state index contributed by atoms with van der Waals surface area (Å²) in [6.07, 6.45) is 0.367. The zero-order valence-corrected chi connectivity index (χ0v) is 16.2. The zero-order valence-electron chi connectivity index (χ0n) is 16.2. The van der Waals surface area contributed by atoms with Crippen LogP contribution < -0.4 is 10.6 Å². The molecule has 1 aromatic rings. The van der Waals surface area contributed by atoms with Crippen LogP contribution in [0.1, 0.15) is 45.5 Å². The maximum Gasteiger partial charge on any atom is 0.315 e. The summed E-state index contributed by atoms with van der Waals surface area (Å²) < 4.78 is 1.97. The second-order valence-electron chi connectivity index (χ2n) is 8.14. The molecule has 2 N–H and O–H groups in total. The van der Waals surface area contributed by atoms with Crippen LogP contribution in [0.2, 0.25) is 0 Å². The molecule has 1 saturated heterocycles. The van der Waals surface area contributed by atoms with Gasteiger partial charge in [-0.15, -0.1) is 0 Å². The molecular formula is C18H31N5O2. The van der Waals surface area contributed by atoms with Crippen molar-refractivity contribution in [1.82, 2.24) is 25.3 Å². The molecule has 2 heterocycles. The van der Waals surface area contributed by atoms with Crippen molar-refractivity contribution < 1.29 is 9.59 Å². The van der Waals surface area contributed by atoms with Crippen LogP contribution in [0.5, 0.6) is 0 Å². The van der Waals surface area contributed by atoms with E-state index in [1.165, 1.54) is 0 Å². The van der Waals surface area contributed by atoms with E-state index in [0.29, 0.717) is 19.5 Å². The number of amides is 3. The van der Waals surface area contributed by atoms with Crippen molar-refractivity contribution in [3.8, 4) is 0 Å². The van der Waals surface area contributed by atoms with Crippen LogP contribution in [0, 0.1) is 19.8 Å². The largest absolute Gasteiger partial charge is 0.338 e. The summed E-state index contributed by atoms with van der Waals surface area (Å²) in [6.45, 7) is 14.0. The highest BCUT2D eigenvalue weighted by molar-refractivity contribution is 5.82. The van der Waals surface area contributed by atoms with Crippen LogP contribution in [-0.2, 0) is 11.3 Å². The number of rotatable bonds is 5. The molecular weight excluding hydrogens is 318 g/mol. The molecule has 0 radical (unpaired) electrons. The Hall–Kier alpha value is -2.05. The van der Waals surface area contributed by atoms with E-state index in [1.54, 1.807) is 0 Å². The molecule has 7 nitrogen and oxygen atoms in total. The Morgan fingerprint density at radius 3 is 2.60 bits per heavy atom. The standard InChI is InChI=1S/C18H31N5O2/c1-12(10-23-14(3)7-13(2)21-23)9-19-17(25)20-15-8-16(24)22(11-15)18(4,5)6/h7,12,15H,8-11H2,1-6H3,(H2,19,20,25)/t12-,15+/m1/s1. The number of hydrogen-bond acceptors (Lipinski definition) is 3. The first-order valence-corrected chi connectivity index (χ1v) is 8.92. The van der Waals surface area contributed by atoms with Gasteiger partial charge in [0.15, 0.2) is 0 Å². The summed E-state index contributed by atoms with van der Waals surface area (Å²) in [5.74, 6) is 0.357. The smallest absolute Gasteiger partial charge is 0.315 e. The van der Waals surface area contributed by atoms with E-state index in [4.69, 9.17) is 0 Å². The second kappa shape index (κ2) is 7.45. The lowest BCUT2D eigenvalue weighted by atomic mass is 10.1. The van der Waals surface area contributed by atoms with Crippen LogP contribution in [0.25, 0.3) is 0 Å². The van der Waals surface area contributed by atoms with E-state index in [0.717, 1.165) is 17.9 Å². The Kier molecular flexibility index (Phi) is 5.75. The molecule has 25 heavy (non-hydrogen) atoms. The van der Waals surface area contributed by atoms with Crippen molar-refractivity contribution in [3.05, 3.63) is 17.5 Å². The lowest BCUT2D eigenvalue weighted by Gasteiger charge is -2.32. The lowest BCUT2D eigenvalue weighted by Crippen LogP contribution is -2.47. The van der Waals surface area contributed by atoms with Gasteiger partial charge in [-0.05, 0) is 46.6 Å². The molecule has 3 amide bonds. The van der Waals surface area contributed by atoms with Gasteiger partial charge in [0.05, 0.1) is 11.7 Å². The molecule has 0 unspecified atom stereocenters. The van der Waals surface area contributed by atoms with Gasteiger partial charge in [0.2, 0.25) is 5.91 Å². The van der Waals surface area contributed by atoms with E-state index >= 15 is 0 Å². The minimum atomic E-state index is -0.214. The third-order valence-corrected chi connectivity index (χ3v) is 4.47. The summed E-state index contributed by atoms with van der Waals surface area (Å²) >= 11 is 0. The molecule has 7 heteroatoms. The minimum absolute atomic E-state index is 0.0932. The summed E-state index contributed by atoms with van der Waals surface area (Å²) in [4.78, 5) is 26.0. The van der Waals surface area contributed by atoms with Gasteiger partial charge in [-0.3, -0.25) is 9.48 Å². The number of nitrogens with zero attached hydrogens (tertiary/aromatic N) is 3. The van der Waals surface area contributed by atoms with Crippen LogP contribution in [0.3, 0.4) is 0 Å². The predicted octanol–water partition coefficient (Wildman–Crippen LogP) is 1.83. The van der Waals surface area contributed by atoms with Crippen molar-refractivity contribution in [2.75, 3.05) is 13.1 Å². The van der Waals surface area contributed by atoms with Gasteiger partial charge in [0.1, 0.15) is 0 Å². The molecule has 1 aliphatic heterocycles. The Morgan fingerprint density at radius 2 is 2.08 bits per heavy atom. The molecule has 140 valence electrons. The van der Waals surface area contributed by atoms with Crippen molar-refractivity contribution in [3.63, 3.8) is 0 Å². The maximum atomic E-state index is 12.1. The number of aromatic nitrogens is 2. The fourth-order valence-electron chi connectivity index (χ4n) is 3.18. The third kappa shape index (κ3) is 5.21. The molecule has 0 saturated carbocycles. The highest BCUT2D eigenvalue weighted by Gasteiger charge is 2.36. The second-order valence-corrected chi connectivity index (χ2v) is 8.14. The fraction of sp³-hybridized carbons (Fsp3) is 0.722. The molecule has 0 bridgehead atoms. The number of carbonyl (C=O) groups is 2. The van der Waals surface area contributed by atoms with Crippen LogP contribution in [0.4, 0.5) is 4.79 Å². The lowest BCUT2D eigenvalue weighted by molar-refractivity contribution is -0.131. The van der Waals surface area contributed by atoms with E-state index in [-0.39, 0.29) is 29.4 Å². The van der Waals surface area contributed by atoms with Crippen LogP contribution >= 0.6 is 0 Å². The molecule has 0 spiro atoms. The topological polar surface area (TPSA) is 79.3 Å². The van der Waals surface area contributed by atoms with Gasteiger partial charge in [0, 0.05) is 37.3 Å². The SMILES string of the molecule is Cc1cc(C)n(C[C@H](C)CNC(=O)N[C@H]2CC(=O)N(C(C)(C)C)C2)n1. The van der Waals surface area contributed by atoms with Gasteiger partial charge >= 0.3 is 6.03 Å². The molecule has 0 aromatic carbocycles. The Labute approximate surface area is 150 Å². The molecule has 1 aliphatic rings. The Morgan fingerprint density at radius 1 is 1.40 bits per heavy atom. The normalized spacial score (nSPS) is 19.2. The molecule has 0 aliphatic carbocycles. The highest BCUT2D eigenvalue weighted by Crippen LogP contribution is 2.21. The number of aryl methyl sites for hydroxylation is 2. The summed E-state index contributed by atoms with van der Waals surface area (Å²) in [5.41, 5.74) is 1.92. The first-order chi connectivity index (χ1) is 11.6. The van der Waals surface area contributed by atoms with Crippen molar-refractivity contribution in [1.29, 1.82) is 0 Å². The van der Waals surface area contributed by atoms with Crippen molar-refractivity contribution in [2.24, 2.45) is 5.92 Å². The summed E-state index contributed by atoms with van der Waals surface area (Å²) in [7, 11) is 0. The number of nitrogens with one attached hydrogen (secondary N) is 2. The van der Waals surface area contributed by atoms with E-state index in [9.17, 15) is 9.59 Å². The molecule has 2 atom stereocenters. The Bertz CT molecular complexity index is 632. The number of urea groups is 1. The summed E-state index contributed by atoms with van der Waals surface area (Å²) in [6, 6.07) is 1.71. The minimum Gasteiger partial charge on any atom is -0.338 e. The van der Waals surface area contributed by atoms with Crippen LogP contribution in [0.15, 0.2) is 6.07 Å². The molecule has 2 rings (SSSR count). The van der Waals surface area contributed by atoms with E-state index in [2.05, 4.69) is 22.7 Å². The number of hydrogen-bond donors (Lipinski definition) is 2. The average Bonchev–Trinajstić information content (AvgIpc) is 2.99. The van der Waals surface area contributed by atoms with E-state index < -0.39 is 0 Å². The fourth-order valence-corrected chi connectivity index (χ4v) is 3.18. The molecule has 1 fully saturated rings. The average molecular weight is 349 g/mol.